The van der Waals surface area contributed by atoms with Crippen LogP contribution in [0.25, 0.3) is 17.2 Å². The molecule has 1 aromatic carbocycles. The van der Waals surface area contributed by atoms with Gasteiger partial charge >= 0.3 is 5.97 Å². The molecule has 0 spiro atoms. The number of hydrogen-bond donors (Lipinski definition) is 1. The lowest BCUT2D eigenvalue weighted by atomic mass is 10.2. The molecule has 3 rings (SSSR count). The van der Waals surface area contributed by atoms with Gasteiger partial charge in [-0.3, -0.25) is 0 Å². The number of pyridine rings is 1. The van der Waals surface area contributed by atoms with Crippen LogP contribution in [0.4, 0.5) is 0 Å². The van der Waals surface area contributed by atoms with E-state index in [-0.39, 0.29) is 12.6 Å². The molecule has 2 heterocycles. The van der Waals surface area contributed by atoms with Crippen LogP contribution >= 0.6 is 0 Å². The number of benzene rings is 1. The van der Waals surface area contributed by atoms with Crippen LogP contribution in [0.3, 0.4) is 0 Å². The standard InChI is InChI=1S/C17H15N3O2/c1-20-12-19-17-15(20)9-14(10-18-17)7-8-16(21)22-11-13-5-3-2-4-6-13/h2-10,12H,11H2,1H3/p+1/b8-7-. The average molecular weight is 294 g/mol. The number of fused-ring (bicyclic) bond motifs is 1. The molecule has 0 saturated heterocycles. The molecule has 0 atom stereocenters. The number of carbonyl (C=O) groups is 1. The Kier molecular flexibility index (Phi) is 3.96. The zero-order chi connectivity index (χ0) is 15.4. The van der Waals surface area contributed by atoms with E-state index in [1.54, 1.807) is 12.3 Å². The van der Waals surface area contributed by atoms with Crippen molar-refractivity contribution in [1.29, 1.82) is 0 Å². The van der Waals surface area contributed by atoms with Crippen molar-refractivity contribution in [3.05, 3.63) is 66.1 Å². The largest absolute Gasteiger partial charge is 0.458 e. The Labute approximate surface area is 127 Å². The molecule has 22 heavy (non-hydrogen) atoms. The van der Waals surface area contributed by atoms with Crippen molar-refractivity contribution in [3.63, 3.8) is 0 Å². The summed E-state index contributed by atoms with van der Waals surface area (Å²) < 4.78 is 7.13. The monoisotopic (exact) mass is 294 g/mol. The molecule has 5 nitrogen and oxygen atoms in total. The molecule has 0 bridgehead atoms. The minimum absolute atomic E-state index is 0.272. The number of aryl methyl sites for hydroxylation is 1. The van der Waals surface area contributed by atoms with Crippen molar-refractivity contribution < 1.29 is 14.1 Å². The molecule has 0 aliphatic heterocycles. The van der Waals surface area contributed by atoms with Crippen molar-refractivity contribution in [2.75, 3.05) is 0 Å². The van der Waals surface area contributed by atoms with Gasteiger partial charge < -0.3 is 4.74 Å². The smallest absolute Gasteiger partial charge is 0.331 e. The predicted octanol–water partition coefficient (Wildman–Crippen LogP) is 2.14. The summed E-state index contributed by atoms with van der Waals surface area (Å²) in [6.45, 7) is 0.272. The Morgan fingerprint density at radius 1 is 1.36 bits per heavy atom. The number of H-pyrrole nitrogens is 1. The minimum Gasteiger partial charge on any atom is -0.458 e. The van der Waals surface area contributed by atoms with Crippen molar-refractivity contribution in [2.24, 2.45) is 7.05 Å². The molecular weight excluding hydrogens is 278 g/mol. The Morgan fingerprint density at radius 2 is 2.18 bits per heavy atom. The maximum atomic E-state index is 11.7. The molecule has 0 aliphatic carbocycles. The maximum absolute atomic E-state index is 11.7. The first-order valence-electron chi connectivity index (χ1n) is 6.94. The third-order valence-electron chi connectivity index (χ3n) is 3.30. The number of carbonyl (C=O) groups excluding carboxylic acids is 1. The molecule has 0 unspecified atom stereocenters. The first kappa shape index (κ1) is 14.0. The molecule has 0 saturated carbocycles. The van der Waals surface area contributed by atoms with Gasteiger partial charge in [0, 0.05) is 12.3 Å². The van der Waals surface area contributed by atoms with Gasteiger partial charge in [0.15, 0.2) is 5.52 Å². The van der Waals surface area contributed by atoms with Crippen molar-refractivity contribution in [1.82, 2.24) is 9.97 Å². The van der Waals surface area contributed by atoms with Crippen LogP contribution in [-0.4, -0.2) is 15.9 Å². The van der Waals surface area contributed by atoms with Crippen LogP contribution in [0, 0.1) is 0 Å². The summed E-state index contributed by atoms with van der Waals surface area (Å²) in [6, 6.07) is 11.5. The summed E-state index contributed by atoms with van der Waals surface area (Å²) in [7, 11) is 1.93. The number of nitrogens with zero attached hydrogens (tertiary/aromatic N) is 2. The van der Waals surface area contributed by atoms with Gasteiger partial charge in [-0.1, -0.05) is 30.3 Å². The summed E-state index contributed by atoms with van der Waals surface area (Å²) in [5.41, 5.74) is 3.59. The number of rotatable bonds is 4. The summed E-state index contributed by atoms with van der Waals surface area (Å²) in [5.74, 6) is -0.373. The molecule has 110 valence electrons. The Hall–Kier alpha value is -2.95. The van der Waals surface area contributed by atoms with Gasteiger partial charge in [0.1, 0.15) is 6.61 Å². The Bertz CT molecular complexity index is 822. The van der Waals surface area contributed by atoms with Gasteiger partial charge in [0.2, 0.25) is 6.33 Å². The van der Waals surface area contributed by atoms with Gasteiger partial charge in [-0.25, -0.2) is 19.3 Å². The van der Waals surface area contributed by atoms with Crippen LogP contribution < -0.4 is 4.57 Å². The van der Waals surface area contributed by atoms with Crippen LogP contribution in [0.2, 0.25) is 0 Å². The first-order chi connectivity index (χ1) is 10.7. The lowest BCUT2D eigenvalue weighted by Crippen LogP contribution is -2.24. The van der Waals surface area contributed by atoms with Crippen LogP contribution in [0.5, 0.6) is 0 Å². The van der Waals surface area contributed by atoms with E-state index >= 15 is 0 Å². The zero-order valence-electron chi connectivity index (χ0n) is 12.2. The predicted molar refractivity (Wildman–Crippen MR) is 82.5 cm³/mol. The lowest BCUT2D eigenvalue weighted by molar-refractivity contribution is -0.644. The maximum Gasteiger partial charge on any atom is 0.331 e. The summed E-state index contributed by atoms with van der Waals surface area (Å²) in [4.78, 5) is 19.1. The van der Waals surface area contributed by atoms with Gasteiger partial charge in [0.25, 0.3) is 5.65 Å². The second-order valence-corrected chi connectivity index (χ2v) is 4.95. The van der Waals surface area contributed by atoms with E-state index in [0.717, 1.165) is 22.3 Å². The SMILES string of the molecule is C[n+]1c[nH]c2ncc(/C=C\C(=O)OCc3ccccc3)cc21. The van der Waals surface area contributed by atoms with Crippen molar-refractivity contribution >= 4 is 23.2 Å². The van der Waals surface area contributed by atoms with Gasteiger partial charge in [0.05, 0.1) is 7.05 Å². The highest BCUT2D eigenvalue weighted by Crippen LogP contribution is 2.09. The van der Waals surface area contributed by atoms with E-state index in [9.17, 15) is 4.79 Å². The van der Waals surface area contributed by atoms with E-state index in [1.807, 2.05) is 54.3 Å². The molecule has 2 aromatic heterocycles. The van der Waals surface area contributed by atoms with E-state index in [1.165, 1.54) is 6.08 Å². The van der Waals surface area contributed by atoms with E-state index < -0.39 is 0 Å². The third-order valence-corrected chi connectivity index (χ3v) is 3.30. The van der Waals surface area contributed by atoms with E-state index in [0.29, 0.717) is 0 Å². The summed E-state index contributed by atoms with van der Waals surface area (Å²) >= 11 is 0. The highest BCUT2D eigenvalue weighted by atomic mass is 16.5. The number of ether oxygens (including phenoxy) is 1. The molecule has 3 aromatic rings. The zero-order valence-corrected chi connectivity index (χ0v) is 12.2. The topological polar surface area (TPSA) is 58.9 Å². The van der Waals surface area contributed by atoms with Crippen LogP contribution in [-0.2, 0) is 23.2 Å². The summed E-state index contributed by atoms with van der Waals surface area (Å²) in [6.07, 6.45) is 6.66. The second kappa shape index (κ2) is 6.22. The van der Waals surface area contributed by atoms with Gasteiger partial charge in [-0.15, -0.1) is 0 Å². The molecule has 0 amide bonds. The molecule has 1 N–H and O–H groups in total. The first-order valence-corrected chi connectivity index (χ1v) is 6.94. The van der Waals surface area contributed by atoms with E-state index in [4.69, 9.17) is 4.74 Å². The lowest BCUT2D eigenvalue weighted by Gasteiger charge is -2.01. The van der Waals surface area contributed by atoms with Crippen molar-refractivity contribution in [3.8, 4) is 0 Å². The minimum atomic E-state index is -0.373. The number of aromatic amines is 1. The fraction of sp³-hybridized carbons (Fsp3) is 0.118. The quantitative estimate of drug-likeness (QED) is 0.455. The normalized spacial score (nSPS) is 11.1. The molecule has 0 aliphatic rings. The molecule has 0 radical (unpaired) electrons. The third kappa shape index (κ3) is 3.20. The summed E-state index contributed by atoms with van der Waals surface area (Å²) in [5, 5.41) is 0. The number of hydrogen-bond acceptors (Lipinski definition) is 3. The van der Waals surface area contributed by atoms with Gasteiger partial charge in [-0.05, 0) is 23.3 Å². The molecule has 5 heteroatoms. The van der Waals surface area contributed by atoms with Crippen molar-refractivity contribution in [2.45, 2.75) is 6.61 Å². The number of aromatic nitrogens is 3. The average Bonchev–Trinajstić information content (AvgIpc) is 2.93. The van der Waals surface area contributed by atoms with Gasteiger partial charge in [-0.2, -0.15) is 0 Å². The fourth-order valence-corrected chi connectivity index (χ4v) is 2.11. The van der Waals surface area contributed by atoms with E-state index in [2.05, 4.69) is 9.97 Å². The Morgan fingerprint density at radius 3 is 3.00 bits per heavy atom. The second-order valence-electron chi connectivity index (χ2n) is 4.95. The molecular formula is C17H16N3O2+. The number of nitrogens with one attached hydrogen (secondary N) is 1. The molecule has 0 fully saturated rings. The number of imidazole rings is 1. The fourth-order valence-electron chi connectivity index (χ4n) is 2.11. The highest BCUT2D eigenvalue weighted by molar-refractivity contribution is 5.87. The van der Waals surface area contributed by atoms with Crippen LogP contribution in [0.15, 0.2) is 55.0 Å². The van der Waals surface area contributed by atoms with Crippen LogP contribution in [0.1, 0.15) is 11.1 Å². The highest BCUT2D eigenvalue weighted by Gasteiger charge is 2.07. The Balaban J connectivity index is 1.64. The number of esters is 1.